The highest BCUT2D eigenvalue weighted by atomic mass is 16.2. The van der Waals surface area contributed by atoms with E-state index in [1.807, 2.05) is 21.5 Å². The Labute approximate surface area is 148 Å². The lowest BCUT2D eigenvalue weighted by Crippen LogP contribution is -2.44. The Balaban J connectivity index is 1.55. The number of carbonyl (C=O) groups is 1. The molecular weight excluding hydrogens is 316 g/mol. The summed E-state index contributed by atoms with van der Waals surface area (Å²) in [6.07, 6.45) is 4.30. The first-order valence-electron chi connectivity index (χ1n) is 9.39. The number of amides is 1. The predicted octanol–water partition coefficient (Wildman–Crippen LogP) is 2.09. The van der Waals surface area contributed by atoms with Crippen LogP contribution in [0.5, 0.6) is 0 Å². The summed E-state index contributed by atoms with van der Waals surface area (Å²) in [5, 5.41) is 13.2. The lowest BCUT2D eigenvalue weighted by Gasteiger charge is -2.34. The van der Waals surface area contributed by atoms with Crippen LogP contribution in [0, 0.1) is 5.92 Å². The number of rotatable bonds is 3. The lowest BCUT2D eigenvalue weighted by atomic mass is 9.96. The summed E-state index contributed by atoms with van der Waals surface area (Å²) in [6, 6.07) is 3.96. The molecule has 0 unspecified atom stereocenters. The van der Waals surface area contributed by atoms with Crippen LogP contribution >= 0.6 is 0 Å². The molecule has 2 aromatic rings. The summed E-state index contributed by atoms with van der Waals surface area (Å²) in [5.41, 5.74) is 0.772. The van der Waals surface area contributed by atoms with Gasteiger partial charge in [-0.2, -0.15) is 4.52 Å². The predicted molar refractivity (Wildman–Crippen MR) is 95.6 cm³/mol. The normalized spacial score (nSPS) is 21.5. The molecule has 0 bridgehead atoms. The molecule has 25 heavy (non-hydrogen) atoms. The molecule has 4 rings (SSSR count). The van der Waals surface area contributed by atoms with Gasteiger partial charge in [0.25, 0.3) is 0 Å². The fourth-order valence-electron chi connectivity index (χ4n) is 3.91. The van der Waals surface area contributed by atoms with Gasteiger partial charge in [-0.3, -0.25) is 4.79 Å². The van der Waals surface area contributed by atoms with Crippen molar-refractivity contribution < 1.29 is 4.79 Å². The number of hydrogen-bond acceptors (Lipinski definition) is 5. The Morgan fingerprint density at radius 3 is 2.68 bits per heavy atom. The summed E-state index contributed by atoms with van der Waals surface area (Å²) >= 11 is 0. The Morgan fingerprint density at radius 1 is 1.12 bits per heavy atom. The molecule has 2 fully saturated rings. The molecule has 7 nitrogen and oxygen atoms in total. The summed E-state index contributed by atoms with van der Waals surface area (Å²) in [6.45, 7) is 7.75. The van der Waals surface area contributed by atoms with Gasteiger partial charge in [0.1, 0.15) is 5.82 Å². The van der Waals surface area contributed by atoms with E-state index in [1.165, 1.54) is 0 Å². The first-order chi connectivity index (χ1) is 12.1. The molecule has 0 radical (unpaired) electrons. The van der Waals surface area contributed by atoms with E-state index in [0.29, 0.717) is 5.91 Å². The number of aromatic nitrogens is 4. The average Bonchev–Trinajstić information content (AvgIpc) is 3.30. The van der Waals surface area contributed by atoms with E-state index in [4.69, 9.17) is 5.10 Å². The van der Waals surface area contributed by atoms with Gasteiger partial charge in [-0.25, -0.2) is 0 Å². The molecular formula is C18H26N6O. The van der Waals surface area contributed by atoms with Gasteiger partial charge in [0, 0.05) is 32.1 Å². The van der Waals surface area contributed by atoms with Crippen molar-refractivity contribution in [2.45, 2.75) is 45.4 Å². The van der Waals surface area contributed by atoms with Gasteiger partial charge >= 0.3 is 0 Å². The Morgan fingerprint density at radius 2 is 1.92 bits per heavy atom. The Bertz CT molecular complexity index is 764. The quantitative estimate of drug-likeness (QED) is 0.854. The van der Waals surface area contributed by atoms with Crippen molar-refractivity contribution in [2.75, 3.05) is 31.1 Å². The first kappa shape index (κ1) is 16.3. The SMILES string of the molecule is CC(C)c1nnc2ccc(N3CCC[C@H](C(=O)N4CCCC4)C3)nn12. The van der Waals surface area contributed by atoms with Crippen LogP contribution in [0.4, 0.5) is 5.82 Å². The smallest absolute Gasteiger partial charge is 0.227 e. The van der Waals surface area contributed by atoms with Gasteiger partial charge in [0.15, 0.2) is 11.5 Å². The zero-order valence-corrected chi connectivity index (χ0v) is 15.1. The third-order valence-electron chi connectivity index (χ3n) is 5.30. The van der Waals surface area contributed by atoms with Crippen LogP contribution < -0.4 is 4.90 Å². The van der Waals surface area contributed by atoms with Gasteiger partial charge in [-0.15, -0.1) is 15.3 Å². The van der Waals surface area contributed by atoms with E-state index in [2.05, 4.69) is 28.9 Å². The summed E-state index contributed by atoms with van der Waals surface area (Å²) in [4.78, 5) is 17.0. The average molecular weight is 342 g/mol. The maximum Gasteiger partial charge on any atom is 0.227 e. The van der Waals surface area contributed by atoms with Gasteiger partial charge in [-0.1, -0.05) is 13.8 Å². The second-order valence-electron chi connectivity index (χ2n) is 7.49. The molecule has 0 aliphatic carbocycles. The van der Waals surface area contributed by atoms with Crippen molar-refractivity contribution in [1.29, 1.82) is 0 Å². The van der Waals surface area contributed by atoms with Crippen LogP contribution in [-0.4, -0.2) is 56.8 Å². The third-order valence-corrected chi connectivity index (χ3v) is 5.30. The molecule has 1 atom stereocenters. The van der Waals surface area contributed by atoms with Crippen LogP contribution in [0.2, 0.25) is 0 Å². The first-order valence-corrected chi connectivity index (χ1v) is 9.39. The van der Waals surface area contributed by atoms with Gasteiger partial charge in [-0.05, 0) is 37.8 Å². The standard InChI is InChI=1S/C18H26N6O/c1-13(2)17-20-19-15-7-8-16(21-24(15)17)23-11-5-6-14(12-23)18(25)22-9-3-4-10-22/h7-8,13-14H,3-6,9-12H2,1-2H3/t14-/m0/s1. The maximum absolute atomic E-state index is 12.7. The molecule has 7 heteroatoms. The number of likely N-dealkylation sites (tertiary alicyclic amines) is 1. The monoisotopic (exact) mass is 342 g/mol. The van der Waals surface area contributed by atoms with E-state index in [9.17, 15) is 4.79 Å². The zero-order chi connectivity index (χ0) is 17.4. The molecule has 134 valence electrons. The minimum atomic E-state index is 0.0924. The van der Waals surface area contributed by atoms with Crippen LogP contribution in [0.25, 0.3) is 5.65 Å². The Kier molecular flexibility index (Phi) is 4.31. The highest BCUT2D eigenvalue weighted by Crippen LogP contribution is 2.25. The minimum Gasteiger partial charge on any atom is -0.354 e. The van der Waals surface area contributed by atoms with Gasteiger partial charge < -0.3 is 9.80 Å². The van der Waals surface area contributed by atoms with Crippen molar-refractivity contribution >= 4 is 17.4 Å². The number of hydrogen-bond donors (Lipinski definition) is 0. The topological polar surface area (TPSA) is 66.6 Å². The largest absolute Gasteiger partial charge is 0.354 e. The number of nitrogens with zero attached hydrogens (tertiary/aromatic N) is 6. The van der Waals surface area contributed by atoms with E-state index in [1.54, 1.807) is 0 Å². The highest BCUT2D eigenvalue weighted by molar-refractivity contribution is 5.80. The van der Waals surface area contributed by atoms with Crippen molar-refractivity contribution in [1.82, 2.24) is 24.7 Å². The lowest BCUT2D eigenvalue weighted by molar-refractivity contribution is -0.134. The molecule has 2 aliphatic rings. The second-order valence-corrected chi connectivity index (χ2v) is 7.49. The molecule has 2 saturated heterocycles. The highest BCUT2D eigenvalue weighted by Gasteiger charge is 2.31. The van der Waals surface area contributed by atoms with Crippen LogP contribution in [0.1, 0.15) is 51.3 Å². The summed E-state index contributed by atoms with van der Waals surface area (Å²) < 4.78 is 1.84. The maximum atomic E-state index is 12.7. The molecule has 0 spiro atoms. The third kappa shape index (κ3) is 3.07. The zero-order valence-electron chi connectivity index (χ0n) is 15.1. The fraction of sp³-hybridized carbons (Fsp3) is 0.667. The van der Waals surface area contributed by atoms with Crippen molar-refractivity contribution in [3.05, 3.63) is 18.0 Å². The molecule has 2 aliphatic heterocycles. The molecule has 0 saturated carbocycles. The van der Waals surface area contributed by atoms with Gasteiger partial charge in [0.05, 0.1) is 5.92 Å². The van der Waals surface area contributed by atoms with Crippen molar-refractivity contribution in [3.63, 3.8) is 0 Å². The Hall–Kier alpha value is -2.18. The van der Waals surface area contributed by atoms with Crippen molar-refractivity contribution in [2.24, 2.45) is 5.92 Å². The molecule has 0 N–H and O–H groups in total. The number of fused-ring (bicyclic) bond motifs is 1. The van der Waals surface area contributed by atoms with E-state index in [-0.39, 0.29) is 11.8 Å². The van der Waals surface area contributed by atoms with E-state index < -0.39 is 0 Å². The van der Waals surface area contributed by atoms with Crippen LogP contribution in [0.3, 0.4) is 0 Å². The fourth-order valence-corrected chi connectivity index (χ4v) is 3.91. The van der Waals surface area contributed by atoms with Crippen molar-refractivity contribution in [3.8, 4) is 0 Å². The molecule has 1 amide bonds. The van der Waals surface area contributed by atoms with E-state index >= 15 is 0 Å². The number of piperidine rings is 1. The summed E-state index contributed by atoms with van der Waals surface area (Å²) in [5.74, 6) is 2.47. The number of carbonyl (C=O) groups excluding carboxylic acids is 1. The number of anilines is 1. The minimum absolute atomic E-state index is 0.0924. The second kappa shape index (κ2) is 6.61. The van der Waals surface area contributed by atoms with E-state index in [0.717, 1.165) is 69.2 Å². The molecule has 2 aromatic heterocycles. The van der Waals surface area contributed by atoms with Crippen LogP contribution in [-0.2, 0) is 4.79 Å². The molecule has 0 aromatic carbocycles. The molecule has 4 heterocycles. The summed E-state index contributed by atoms with van der Waals surface area (Å²) in [7, 11) is 0. The van der Waals surface area contributed by atoms with Gasteiger partial charge in [0.2, 0.25) is 5.91 Å². The van der Waals surface area contributed by atoms with Crippen LogP contribution in [0.15, 0.2) is 12.1 Å².